The Morgan fingerprint density at radius 1 is 1.33 bits per heavy atom. The molecule has 0 aromatic heterocycles. The van der Waals surface area contributed by atoms with Crippen LogP contribution in [-0.2, 0) is 6.42 Å². The van der Waals surface area contributed by atoms with Crippen LogP contribution < -0.4 is 10.1 Å². The number of fused-ring (bicyclic) bond motifs is 1. The summed E-state index contributed by atoms with van der Waals surface area (Å²) in [5, 5.41) is 3.44. The third-order valence-electron chi connectivity index (χ3n) is 3.80. The Bertz CT molecular complexity index is 417. The van der Waals surface area contributed by atoms with E-state index in [1.807, 2.05) is 0 Å². The molecule has 18 heavy (non-hydrogen) atoms. The molecule has 3 heteroatoms. The first kappa shape index (κ1) is 12.0. The molecule has 2 nitrogen and oxygen atoms in total. The first-order chi connectivity index (χ1) is 8.81. The Labute approximate surface area is 108 Å². The maximum absolute atomic E-state index is 13.1. The molecular formula is C15H20FNO. The lowest BCUT2D eigenvalue weighted by molar-refractivity contribution is 0.227. The fraction of sp³-hybridized carbons (Fsp3) is 0.600. The molecule has 0 amide bonds. The molecule has 1 saturated carbocycles. The van der Waals surface area contributed by atoms with Crippen molar-refractivity contribution in [3.8, 4) is 5.75 Å². The van der Waals surface area contributed by atoms with Gasteiger partial charge in [-0.2, -0.15) is 0 Å². The third-order valence-corrected chi connectivity index (χ3v) is 3.80. The van der Waals surface area contributed by atoms with Crippen LogP contribution in [0.15, 0.2) is 18.2 Å². The van der Waals surface area contributed by atoms with Gasteiger partial charge in [0.05, 0.1) is 0 Å². The number of hydrogen-bond acceptors (Lipinski definition) is 2. The summed E-state index contributed by atoms with van der Waals surface area (Å²) in [4.78, 5) is 0. The average molecular weight is 249 g/mol. The number of rotatable bonds is 6. The first-order valence-electron chi connectivity index (χ1n) is 6.97. The lowest BCUT2D eigenvalue weighted by Gasteiger charge is -2.11. The minimum Gasteiger partial charge on any atom is -0.488 e. The zero-order chi connectivity index (χ0) is 12.4. The van der Waals surface area contributed by atoms with Crippen molar-refractivity contribution in [1.29, 1.82) is 0 Å². The summed E-state index contributed by atoms with van der Waals surface area (Å²) in [6, 6.07) is 4.78. The molecule has 2 aliphatic rings. The largest absolute Gasteiger partial charge is 0.488 e. The monoisotopic (exact) mass is 249 g/mol. The summed E-state index contributed by atoms with van der Waals surface area (Å²) in [5.74, 6) is 1.69. The van der Waals surface area contributed by atoms with Crippen molar-refractivity contribution in [1.82, 2.24) is 5.32 Å². The zero-order valence-electron chi connectivity index (χ0n) is 10.6. The summed E-state index contributed by atoms with van der Waals surface area (Å²) < 4.78 is 18.8. The molecule has 1 heterocycles. The van der Waals surface area contributed by atoms with Gasteiger partial charge in [0.15, 0.2) is 0 Å². The van der Waals surface area contributed by atoms with Gasteiger partial charge < -0.3 is 10.1 Å². The second-order valence-corrected chi connectivity index (χ2v) is 5.49. The minimum atomic E-state index is -0.171. The van der Waals surface area contributed by atoms with Crippen LogP contribution in [0.4, 0.5) is 4.39 Å². The molecule has 0 bridgehead atoms. The van der Waals surface area contributed by atoms with Gasteiger partial charge in [0, 0.05) is 18.5 Å². The summed E-state index contributed by atoms with van der Waals surface area (Å²) in [5.41, 5.74) is 1.000. The lowest BCUT2D eigenvalue weighted by Crippen LogP contribution is -2.30. The van der Waals surface area contributed by atoms with Crippen molar-refractivity contribution in [3.63, 3.8) is 0 Å². The third kappa shape index (κ3) is 3.02. The van der Waals surface area contributed by atoms with Crippen molar-refractivity contribution >= 4 is 0 Å². The second-order valence-electron chi connectivity index (χ2n) is 5.49. The van der Waals surface area contributed by atoms with Crippen LogP contribution in [0.3, 0.4) is 0 Å². The van der Waals surface area contributed by atoms with Crippen LogP contribution in [0.1, 0.15) is 31.2 Å². The van der Waals surface area contributed by atoms with Gasteiger partial charge in [0.25, 0.3) is 0 Å². The van der Waals surface area contributed by atoms with E-state index in [0.29, 0.717) is 0 Å². The van der Waals surface area contributed by atoms with Gasteiger partial charge in [-0.15, -0.1) is 0 Å². The van der Waals surface area contributed by atoms with Crippen LogP contribution in [-0.4, -0.2) is 19.2 Å². The van der Waals surface area contributed by atoms with Crippen molar-refractivity contribution in [2.24, 2.45) is 5.92 Å². The van der Waals surface area contributed by atoms with E-state index in [1.165, 1.54) is 31.7 Å². The predicted octanol–water partition coefficient (Wildman–Crippen LogP) is 2.91. The quantitative estimate of drug-likeness (QED) is 0.783. The lowest BCUT2D eigenvalue weighted by atomic mass is 10.1. The Hall–Kier alpha value is -1.09. The fourth-order valence-electron chi connectivity index (χ4n) is 2.59. The highest BCUT2D eigenvalue weighted by Gasteiger charge is 2.23. The fourth-order valence-corrected chi connectivity index (χ4v) is 2.59. The number of benzene rings is 1. The van der Waals surface area contributed by atoms with Crippen molar-refractivity contribution in [2.45, 2.75) is 38.2 Å². The number of halogens is 1. The molecule has 1 atom stereocenters. The molecule has 0 saturated heterocycles. The summed E-state index contributed by atoms with van der Waals surface area (Å²) in [6.45, 7) is 1.93. The second kappa shape index (κ2) is 5.27. The van der Waals surface area contributed by atoms with Gasteiger partial charge in [-0.05, 0) is 43.5 Å². The molecule has 1 aromatic rings. The van der Waals surface area contributed by atoms with Gasteiger partial charge in [-0.3, -0.25) is 0 Å². The van der Waals surface area contributed by atoms with Crippen molar-refractivity contribution in [2.75, 3.05) is 13.1 Å². The summed E-state index contributed by atoms with van der Waals surface area (Å²) in [6.07, 6.45) is 6.49. The predicted molar refractivity (Wildman–Crippen MR) is 69.3 cm³/mol. The van der Waals surface area contributed by atoms with Gasteiger partial charge in [0.2, 0.25) is 0 Å². The standard InChI is InChI=1S/C15H20FNO/c16-13-5-6-15-12(8-13)9-14(18-15)10-17-7-1-2-11-3-4-11/h5-6,8,11,14,17H,1-4,7,9-10H2. The van der Waals surface area contributed by atoms with Gasteiger partial charge in [-0.1, -0.05) is 12.8 Å². The highest BCUT2D eigenvalue weighted by molar-refractivity contribution is 5.37. The van der Waals surface area contributed by atoms with E-state index in [1.54, 1.807) is 12.1 Å². The normalized spacial score (nSPS) is 21.7. The molecular weight excluding hydrogens is 229 g/mol. The highest BCUT2D eigenvalue weighted by Crippen LogP contribution is 2.33. The zero-order valence-corrected chi connectivity index (χ0v) is 10.6. The number of ether oxygens (including phenoxy) is 1. The molecule has 0 radical (unpaired) electrons. The van der Waals surface area contributed by atoms with Crippen LogP contribution in [0.5, 0.6) is 5.75 Å². The Morgan fingerprint density at radius 2 is 2.22 bits per heavy atom. The number of nitrogens with one attached hydrogen (secondary N) is 1. The van der Waals surface area contributed by atoms with Gasteiger partial charge in [-0.25, -0.2) is 4.39 Å². The van der Waals surface area contributed by atoms with E-state index in [2.05, 4.69) is 5.32 Å². The van der Waals surface area contributed by atoms with E-state index in [0.717, 1.165) is 36.7 Å². The maximum Gasteiger partial charge on any atom is 0.123 e. The topological polar surface area (TPSA) is 21.3 Å². The average Bonchev–Trinajstić information content (AvgIpc) is 3.08. The van der Waals surface area contributed by atoms with Crippen LogP contribution in [0.2, 0.25) is 0 Å². The molecule has 1 N–H and O–H groups in total. The van der Waals surface area contributed by atoms with Crippen LogP contribution in [0.25, 0.3) is 0 Å². The summed E-state index contributed by atoms with van der Waals surface area (Å²) >= 11 is 0. The van der Waals surface area contributed by atoms with Crippen molar-refractivity contribution < 1.29 is 9.13 Å². The number of hydrogen-bond donors (Lipinski definition) is 1. The van der Waals surface area contributed by atoms with Gasteiger partial charge >= 0.3 is 0 Å². The van der Waals surface area contributed by atoms with E-state index < -0.39 is 0 Å². The van der Waals surface area contributed by atoms with E-state index >= 15 is 0 Å². The Balaban J connectivity index is 1.37. The Kier molecular flexibility index (Phi) is 3.50. The van der Waals surface area contributed by atoms with Gasteiger partial charge in [0.1, 0.15) is 17.7 Å². The molecule has 1 fully saturated rings. The SMILES string of the molecule is Fc1ccc2c(c1)CC(CNCCCC1CC1)O2. The van der Waals surface area contributed by atoms with Crippen LogP contribution in [0, 0.1) is 11.7 Å². The smallest absolute Gasteiger partial charge is 0.123 e. The highest BCUT2D eigenvalue weighted by atomic mass is 19.1. The summed E-state index contributed by atoms with van der Waals surface area (Å²) in [7, 11) is 0. The van der Waals surface area contributed by atoms with Crippen molar-refractivity contribution in [3.05, 3.63) is 29.6 Å². The molecule has 1 aromatic carbocycles. The molecule has 1 unspecified atom stereocenters. The molecule has 1 aliphatic heterocycles. The molecule has 1 aliphatic carbocycles. The first-order valence-corrected chi connectivity index (χ1v) is 6.97. The van der Waals surface area contributed by atoms with E-state index in [9.17, 15) is 4.39 Å². The van der Waals surface area contributed by atoms with Crippen LogP contribution >= 0.6 is 0 Å². The maximum atomic E-state index is 13.1. The van der Waals surface area contributed by atoms with E-state index in [4.69, 9.17) is 4.74 Å². The van der Waals surface area contributed by atoms with E-state index in [-0.39, 0.29) is 11.9 Å². The molecule has 3 rings (SSSR count). The minimum absolute atomic E-state index is 0.169. The molecule has 0 spiro atoms. The Morgan fingerprint density at radius 3 is 3.06 bits per heavy atom. The molecule has 98 valence electrons.